The lowest BCUT2D eigenvalue weighted by Gasteiger charge is -2.25. The maximum atomic E-state index is 5.24. The van der Waals surface area contributed by atoms with Gasteiger partial charge in [-0.15, -0.1) is 0 Å². The zero-order valence-electron chi connectivity index (χ0n) is 12.6. The quantitative estimate of drug-likeness (QED) is 0.733. The molecule has 2 nitrogen and oxygen atoms in total. The van der Waals surface area contributed by atoms with E-state index < -0.39 is 0 Å². The van der Waals surface area contributed by atoms with Crippen LogP contribution >= 0.6 is 15.9 Å². The summed E-state index contributed by atoms with van der Waals surface area (Å²) in [4.78, 5) is 0. The highest BCUT2D eigenvalue weighted by atomic mass is 79.9. The topological polar surface area (TPSA) is 21.3 Å². The predicted molar refractivity (Wildman–Crippen MR) is 88.0 cm³/mol. The third-order valence-electron chi connectivity index (χ3n) is 4.27. The first kappa shape index (κ1) is 16.0. The number of hydrogen-bond donors (Lipinski definition) is 1. The van der Waals surface area contributed by atoms with Gasteiger partial charge in [0.1, 0.15) is 0 Å². The zero-order valence-corrected chi connectivity index (χ0v) is 14.2. The molecule has 1 aromatic carbocycles. The van der Waals surface area contributed by atoms with E-state index in [1.165, 1.54) is 22.9 Å². The molecule has 0 bridgehead atoms. The number of nitrogens with one attached hydrogen (secondary N) is 1. The minimum Gasteiger partial charge on any atom is -0.385 e. The highest BCUT2D eigenvalue weighted by molar-refractivity contribution is 9.10. The number of benzene rings is 1. The van der Waals surface area contributed by atoms with Gasteiger partial charge in [-0.3, -0.25) is 0 Å². The third kappa shape index (κ3) is 5.19. The number of ether oxygens (including phenoxy) is 1. The predicted octanol–water partition coefficient (Wildman–Crippen LogP) is 4.03. The number of methoxy groups -OCH3 is 1. The molecular formula is C17H26BrNO. The summed E-state index contributed by atoms with van der Waals surface area (Å²) in [5.41, 5.74) is 1.42. The van der Waals surface area contributed by atoms with Crippen LogP contribution in [0.3, 0.4) is 0 Å². The van der Waals surface area contributed by atoms with Crippen LogP contribution in [0.2, 0.25) is 0 Å². The Bertz CT molecular complexity index is 406. The van der Waals surface area contributed by atoms with Crippen molar-refractivity contribution in [2.45, 2.75) is 38.6 Å². The molecule has 3 heteroatoms. The van der Waals surface area contributed by atoms with E-state index in [1.807, 2.05) is 0 Å². The van der Waals surface area contributed by atoms with Crippen LogP contribution in [0.25, 0.3) is 0 Å². The fraction of sp³-hybridized carbons (Fsp3) is 0.647. The molecule has 20 heavy (non-hydrogen) atoms. The maximum absolute atomic E-state index is 5.24. The molecule has 2 unspecified atom stereocenters. The summed E-state index contributed by atoms with van der Waals surface area (Å²) >= 11 is 3.67. The minimum absolute atomic E-state index is 0.671. The van der Waals surface area contributed by atoms with E-state index in [4.69, 9.17) is 4.74 Å². The van der Waals surface area contributed by atoms with Gasteiger partial charge in [-0.2, -0.15) is 0 Å². The van der Waals surface area contributed by atoms with Crippen molar-refractivity contribution >= 4 is 15.9 Å². The first-order chi connectivity index (χ1) is 9.70. The Morgan fingerprint density at radius 3 is 2.75 bits per heavy atom. The Labute approximate surface area is 131 Å². The smallest absolute Gasteiger partial charge is 0.0464 e. The highest BCUT2D eigenvalue weighted by Crippen LogP contribution is 2.26. The van der Waals surface area contributed by atoms with E-state index >= 15 is 0 Å². The average Bonchev–Trinajstić information content (AvgIpc) is 3.27. The van der Waals surface area contributed by atoms with Crippen LogP contribution in [-0.4, -0.2) is 26.3 Å². The van der Waals surface area contributed by atoms with Crippen molar-refractivity contribution in [2.24, 2.45) is 11.8 Å². The second-order valence-corrected chi connectivity index (χ2v) is 6.85. The SMILES string of the molecule is COCCC(C)C(CNC1CC1)Cc1ccccc1Br. The standard InChI is InChI=1S/C17H26BrNO/c1-13(9-10-20-2)15(12-19-16-7-8-16)11-14-5-3-4-6-17(14)18/h3-6,13,15-16,19H,7-12H2,1-2H3. The lowest BCUT2D eigenvalue weighted by Crippen LogP contribution is -2.30. The van der Waals surface area contributed by atoms with Crippen molar-refractivity contribution in [1.82, 2.24) is 5.32 Å². The zero-order chi connectivity index (χ0) is 14.4. The summed E-state index contributed by atoms with van der Waals surface area (Å²) in [5.74, 6) is 1.35. The second kappa shape index (κ2) is 8.16. The fourth-order valence-electron chi connectivity index (χ4n) is 2.57. The summed E-state index contributed by atoms with van der Waals surface area (Å²) in [6.07, 6.45) is 4.98. The molecule has 0 amide bonds. The van der Waals surface area contributed by atoms with Crippen LogP contribution in [0.4, 0.5) is 0 Å². The van der Waals surface area contributed by atoms with E-state index in [-0.39, 0.29) is 0 Å². The Kier molecular flexibility index (Phi) is 6.53. The van der Waals surface area contributed by atoms with E-state index in [1.54, 1.807) is 7.11 Å². The Morgan fingerprint density at radius 1 is 1.35 bits per heavy atom. The van der Waals surface area contributed by atoms with Gasteiger partial charge in [-0.1, -0.05) is 41.1 Å². The van der Waals surface area contributed by atoms with E-state index in [9.17, 15) is 0 Å². The number of hydrogen-bond acceptors (Lipinski definition) is 2. The van der Waals surface area contributed by atoms with E-state index in [0.29, 0.717) is 11.8 Å². The molecule has 2 rings (SSSR count). The normalized spacial score (nSPS) is 17.9. The van der Waals surface area contributed by atoms with Crippen molar-refractivity contribution in [3.63, 3.8) is 0 Å². The summed E-state index contributed by atoms with van der Waals surface area (Å²) in [7, 11) is 1.79. The van der Waals surface area contributed by atoms with Crippen molar-refractivity contribution in [1.29, 1.82) is 0 Å². The van der Waals surface area contributed by atoms with Crippen LogP contribution in [-0.2, 0) is 11.2 Å². The summed E-state index contributed by atoms with van der Waals surface area (Å²) in [6.45, 7) is 4.34. The molecule has 112 valence electrons. The van der Waals surface area contributed by atoms with Crippen LogP contribution in [0.1, 0.15) is 31.7 Å². The molecule has 0 saturated heterocycles. The molecule has 0 heterocycles. The van der Waals surface area contributed by atoms with Gasteiger partial charge < -0.3 is 10.1 Å². The monoisotopic (exact) mass is 339 g/mol. The minimum atomic E-state index is 0.671. The van der Waals surface area contributed by atoms with Crippen molar-refractivity contribution in [3.05, 3.63) is 34.3 Å². The second-order valence-electron chi connectivity index (χ2n) is 6.00. The highest BCUT2D eigenvalue weighted by Gasteiger charge is 2.24. The number of halogens is 1. The van der Waals surface area contributed by atoms with Gasteiger partial charge in [0.15, 0.2) is 0 Å². The van der Waals surface area contributed by atoms with Gasteiger partial charge in [0.25, 0.3) is 0 Å². The van der Waals surface area contributed by atoms with Gasteiger partial charge >= 0.3 is 0 Å². The van der Waals surface area contributed by atoms with Crippen LogP contribution in [0.5, 0.6) is 0 Å². The molecule has 2 atom stereocenters. The molecule has 1 fully saturated rings. The van der Waals surface area contributed by atoms with Gasteiger partial charge in [0.2, 0.25) is 0 Å². The molecule has 1 saturated carbocycles. The van der Waals surface area contributed by atoms with Gasteiger partial charge in [0.05, 0.1) is 0 Å². The molecule has 1 N–H and O–H groups in total. The molecule has 0 aromatic heterocycles. The molecule has 1 aliphatic carbocycles. The van der Waals surface area contributed by atoms with Crippen molar-refractivity contribution < 1.29 is 4.74 Å². The maximum Gasteiger partial charge on any atom is 0.0464 e. The Balaban J connectivity index is 1.94. The fourth-order valence-corrected chi connectivity index (χ4v) is 3.01. The molecule has 1 aliphatic rings. The lowest BCUT2D eigenvalue weighted by atomic mass is 9.86. The van der Waals surface area contributed by atoms with Crippen LogP contribution in [0.15, 0.2) is 28.7 Å². The molecule has 0 radical (unpaired) electrons. The molecular weight excluding hydrogens is 314 g/mol. The van der Waals surface area contributed by atoms with E-state index in [2.05, 4.69) is 52.4 Å². The Morgan fingerprint density at radius 2 is 2.10 bits per heavy atom. The summed E-state index contributed by atoms with van der Waals surface area (Å²) < 4.78 is 6.48. The summed E-state index contributed by atoms with van der Waals surface area (Å²) in [5, 5.41) is 3.70. The van der Waals surface area contributed by atoms with Gasteiger partial charge in [-0.05, 0) is 55.7 Å². The van der Waals surface area contributed by atoms with Crippen LogP contribution in [0, 0.1) is 11.8 Å². The summed E-state index contributed by atoms with van der Waals surface area (Å²) in [6, 6.07) is 9.37. The first-order valence-electron chi connectivity index (χ1n) is 7.66. The van der Waals surface area contributed by atoms with Gasteiger partial charge in [0, 0.05) is 24.2 Å². The Hall–Kier alpha value is -0.380. The third-order valence-corrected chi connectivity index (χ3v) is 5.04. The number of rotatable bonds is 9. The van der Waals surface area contributed by atoms with E-state index in [0.717, 1.165) is 32.0 Å². The van der Waals surface area contributed by atoms with Crippen molar-refractivity contribution in [3.8, 4) is 0 Å². The van der Waals surface area contributed by atoms with Crippen molar-refractivity contribution in [2.75, 3.05) is 20.3 Å². The largest absolute Gasteiger partial charge is 0.385 e. The molecule has 1 aromatic rings. The average molecular weight is 340 g/mol. The first-order valence-corrected chi connectivity index (χ1v) is 8.45. The van der Waals surface area contributed by atoms with Crippen LogP contribution < -0.4 is 5.32 Å². The lowest BCUT2D eigenvalue weighted by molar-refractivity contribution is 0.163. The molecule has 0 spiro atoms. The van der Waals surface area contributed by atoms with Gasteiger partial charge in [-0.25, -0.2) is 0 Å². The molecule has 0 aliphatic heterocycles.